The Morgan fingerprint density at radius 1 is 0.739 bits per heavy atom. The van der Waals surface area contributed by atoms with Gasteiger partial charge in [0, 0.05) is 55.9 Å². The first-order valence-electron chi connectivity index (χ1n) is 15.1. The van der Waals surface area contributed by atoms with Crippen molar-refractivity contribution in [2.45, 2.75) is 26.2 Å². The van der Waals surface area contributed by atoms with E-state index in [1.165, 1.54) is 16.6 Å². The Bertz CT molecular complexity index is 2100. The van der Waals surface area contributed by atoms with Crippen molar-refractivity contribution in [1.29, 1.82) is 0 Å². The van der Waals surface area contributed by atoms with Crippen molar-refractivity contribution in [3.05, 3.63) is 133 Å². The summed E-state index contributed by atoms with van der Waals surface area (Å²) in [6.45, 7) is 6.42. The number of phenolic OH excluding ortho intramolecular Hbond substituents is 1. The number of aromatic nitrogens is 2. The van der Waals surface area contributed by atoms with Crippen LogP contribution in [0.4, 0.5) is 22.9 Å². The molecule has 4 heterocycles. The van der Waals surface area contributed by atoms with Gasteiger partial charge in [0.1, 0.15) is 11.6 Å². The van der Waals surface area contributed by atoms with E-state index in [1.54, 1.807) is 12.1 Å². The number of hydrogen-bond donors (Lipinski definition) is 1. The van der Waals surface area contributed by atoms with Gasteiger partial charge in [0.05, 0.1) is 11.4 Å². The third-order valence-corrected chi connectivity index (χ3v) is 8.51. The largest absolute Gasteiger partial charge is 0.507 e. The molecule has 2 aromatic heterocycles. The van der Waals surface area contributed by atoms with Gasteiger partial charge in [-0.1, -0.05) is 87.1 Å². The van der Waals surface area contributed by atoms with E-state index in [-0.39, 0.29) is 39.2 Å². The zero-order valence-electron chi connectivity index (χ0n) is 25.6. The van der Waals surface area contributed by atoms with Crippen LogP contribution in [0.25, 0.3) is 22.4 Å². The smallest absolute Gasteiger partial charge is 0.420 e. The molecule has 2 aliphatic heterocycles. The van der Waals surface area contributed by atoms with E-state index in [9.17, 15) is 5.11 Å². The maximum atomic E-state index is 10.4. The Balaban J connectivity index is 0.00000338. The average molecular weight is 781 g/mol. The molecule has 6 aromatic rings. The van der Waals surface area contributed by atoms with Gasteiger partial charge in [-0.05, 0) is 52.8 Å². The summed E-state index contributed by atoms with van der Waals surface area (Å²) in [5.74, 6) is 2.01. The van der Waals surface area contributed by atoms with Crippen LogP contribution in [0.5, 0.6) is 17.4 Å². The number of hydrogen-bond acceptors (Lipinski definition) is 6. The fourth-order valence-corrected chi connectivity index (χ4v) is 6.36. The molecule has 0 radical (unpaired) electrons. The molecule has 8 rings (SSSR count). The maximum absolute atomic E-state index is 10.4. The SMILES string of the molecule is CC(C)(C)c1cc(Oc2cccc(-c3ccccc3O)n2)[c-]c(N2B3c4ccccc4-c4ccccc4N3c3cccnc32)c1.[Pt]. The summed E-state index contributed by atoms with van der Waals surface area (Å²) in [6, 6.07) is 41.9. The van der Waals surface area contributed by atoms with Crippen molar-refractivity contribution < 1.29 is 30.9 Å². The molecule has 228 valence electrons. The van der Waals surface area contributed by atoms with Crippen molar-refractivity contribution in [3.8, 4) is 39.8 Å². The molecule has 46 heavy (non-hydrogen) atoms. The number of aromatic hydroxyl groups is 1. The van der Waals surface area contributed by atoms with Gasteiger partial charge >= 0.3 is 6.98 Å². The summed E-state index contributed by atoms with van der Waals surface area (Å²) in [5, 5.41) is 10.4. The Morgan fingerprint density at radius 3 is 2.26 bits per heavy atom. The third kappa shape index (κ3) is 4.96. The first-order chi connectivity index (χ1) is 21.9. The van der Waals surface area contributed by atoms with Gasteiger partial charge < -0.3 is 19.5 Å². The van der Waals surface area contributed by atoms with E-state index in [4.69, 9.17) is 14.7 Å². The number of pyridine rings is 2. The number of para-hydroxylation sites is 2. The molecular formula is C38H30BN4O2Pt-. The fourth-order valence-electron chi connectivity index (χ4n) is 6.36. The summed E-state index contributed by atoms with van der Waals surface area (Å²) < 4.78 is 6.46. The van der Waals surface area contributed by atoms with Crippen LogP contribution < -0.4 is 19.8 Å². The second-order valence-corrected chi connectivity index (χ2v) is 12.4. The zero-order chi connectivity index (χ0) is 30.7. The van der Waals surface area contributed by atoms with Crippen LogP contribution in [0.3, 0.4) is 0 Å². The minimum absolute atomic E-state index is 0. The number of nitrogens with zero attached hydrogens (tertiary/aromatic N) is 4. The molecule has 1 N–H and O–H groups in total. The summed E-state index contributed by atoms with van der Waals surface area (Å²) in [4.78, 5) is 14.3. The summed E-state index contributed by atoms with van der Waals surface area (Å²) in [6.07, 6.45) is 1.85. The maximum Gasteiger partial charge on any atom is 0.420 e. The zero-order valence-corrected chi connectivity index (χ0v) is 27.9. The van der Waals surface area contributed by atoms with Crippen molar-refractivity contribution in [2.75, 3.05) is 9.62 Å². The number of anilines is 4. The van der Waals surface area contributed by atoms with Crippen molar-refractivity contribution >= 4 is 35.3 Å². The number of ether oxygens (including phenoxy) is 1. The summed E-state index contributed by atoms with van der Waals surface area (Å²) >= 11 is 0. The van der Waals surface area contributed by atoms with Gasteiger partial charge in [0.25, 0.3) is 0 Å². The summed E-state index contributed by atoms with van der Waals surface area (Å²) in [7, 11) is 0. The Morgan fingerprint density at radius 2 is 1.46 bits per heavy atom. The minimum Gasteiger partial charge on any atom is -0.507 e. The molecule has 0 amide bonds. The molecule has 0 fully saturated rings. The van der Waals surface area contributed by atoms with Crippen LogP contribution in [0, 0.1) is 6.07 Å². The first-order valence-corrected chi connectivity index (χ1v) is 15.1. The molecule has 0 saturated carbocycles. The molecule has 8 heteroatoms. The quantitative estimate of drug-likeness (QED) is 0.143. The molecule has 6 nitrogen and oxygen atoms in total. The Hall–Kier alpha value is -4.87. The first kappa shape index (κ1) is 29.8. The van der Waals surface area contributed by atoms with Crippen LogP contribution in [0.15, 0.2) is 121 Å². The van der Waals surface area contributed by atoms with Crippen LogP contribution >= 0.6 is 0 Å². The van der Waals surface area contributed by atoms with Crippen LogP contribution in [0.1, 0.15) is 26.3 Å². The average Bonchev–Trinajstić information content (AvgIpc) is 3.40. The van der Waals surface area contributed by atoms with E-state index in [0.29, 0.717) is 22.9 Å². The van der Waals surface area contributed by atoms with E-state index < -0.39 is 0 Å². The van der Waals surface area contributed by atoms with Gasteiger partial charge in [-0.15, -0.1) is 23.8 Å². The van der Waals surface area contributed by atoms with Crippen LogP contribution in [-0.4, -0.2) is 22.1 Å². The molecule has 4 aromatic carbocycles. The van der Waals surface area contributed by atoms with E-state index in [2.05, 4.69) is 97.1 Å². The van der Waals surface area contributed by atoms with E-state index in [0.717, 1.165) is 28.4 Å². The molecule has 0 unspecified atom stereocenters. The predicted octanol–water partition coefficient (Wildman–Crippen LogP) is 8.40. The number of benzene rings is 4. The van der Waals surface area contributed by atoms with E-state index in [1.807, 2.05) is 48.7 Å². The van der Waals surface area contributed by atoms with Crippen LogP contribution in [0.2, 0.25) is 0 Å². The normalized spacial score (nSPS) is 12.9. The number of phenols is 1. The number of rotatable bonds is 4. The molecule has 0 spiro atoms. The second kappa shape index (κ2) is 11.5. The standard InChI is InChI=1S/C38H30BN4O2.Pt/c1-38(2,3)25-22-26(24-27(23-25)45-36-20-10-16-32(41-36)30-14-6-9-19-35(30)44)42-37-34(18-11-21-40-37)43-33-17-8-5-13-29(33)28-12-4-7-15-31(28)39(42)43;/h4-23,44H,1-3H3;/q-1;. The van der Waals surface area contributed by atoms with Gasteiger partial charge in [-0.2, -0.15) is 0 Å². The topological polar surface area (TPSA) is 61.7 Å². The third-order valence-electron chi connectivity index (χ3n) is 8.51. The van der Waals surface area contributed by atoms with Gasteiger partial charge in [-0.25, -0.2) is 9.97 Å². The Labute approximate surface area is 283 Å². The van der Waals surface area contributed by atoms with Crippen molar-refractivity contribution in [2.24, 2.45) is 0 Å². The van der Waals surface area contributed by atoms with Gasteiger partial charge in [0.15, 0.2) is 0 Å². The minimum atomic E-state index is -0.170. The monoisotopic (exact) mass is 780 g/mol. The molecule has 0 saturated heterocycles. The predicted molar refractivity (Wildman–Crippen MR) is 181 cm³/mol. The van der Waals surface area contributed by atoms with E-state index >= 15 is 0 Å². The number of fused-ring (bicyclic) bond motifs is 8. The fraction of sp³-hybridized carbons (Fsp3) is 0.105. The Kier molecular flexibility index (Phi) is 7.45. The van der Waals surface area contributed by atoms with Crippen molar-refractivity contribution in [3.63, 3.8) is 0 Å². The molecule has 0 atom stereocenters. The summed E-state index contributed by atoms with van der Waals surface area (Å²) in [5.41, 5.74) is 8.86. The van der Waals surface area contributed by atoms with Crippen LogP contribution in [-0.2, 0) is 26.5 Å². The molecular weight excluding hydrogens is 750 g/mol. The second-order valence-electron chi connectivity index (χ2n) is 12.4. The van der Waals surface area contributed by atoms with Gasteiger partial charge in [-0.3, -0.25) is 0 Å². The van der Waals surface area contributed by atoms with Gasteiger partial charge in [0.2, 0.25) is 5.88 Å². The van der Waals surface area contributed by atoms with Crippen molar-refractivity contribution in [1.82, 2.24) is 9.97 Å². The molecule has 0 aliphatic carbocycles. The molecule has 0 bridgehead atoms. The molecule has 2 aliphatic rings.